The van der Waals surface area contributed by atoms with Crippen LogP contribution in [0.1, 0.15) is 27.7 Å². The van der Waals surface area contributed by atoms with Crippen molar-refractivity contribution in [1.82, 2.24) is 0 Å². The predicted octanol–water partition coefficient (Wildman–Crippen LogP) is 0.441. The van der Waals surface area contributed by atoms with Crippen molar-refractivity contribution in [3.63, 3.8) is 0 Å². The molecule has 1 atom stereocenters. The van der Waals surface area contributed by atoms with Crippen molar-refractivity contribution in [3.8, 4) is 0 Å². The summed E-state index contributed by atoms with van der Waals surface area (Å²) in [6.45, 7) is 9.01. The molecule has 1 unspecified atom stereocenters. The summed E-state index contributed by atoms with van der Waals surface area (Å²) >= 11 is 0.150. The SMILES string of the molecule is C[C-]1C=N/C=C\C(C)([I-]C(C)C)/C=C\1.[CH3-].[Lr]. The molecule has 0 amide bonds. The molecule has 0 aliphatic carbocycles. The Kier molecular flexibility index (Phi) is 7.61. The van der Waals surface area contributed by atoms with Crippen LogP contribution < -0.4 is 21.2 Å². The van der Waals surface area contributed by atoms with Gasteiger partial charge >= 0.3 is 97.8 Å². The van der Waals surface area contributed by atoms with E-state index in [9.17, 15) is 0 Å². The zero-order chi connectivity index (χ0) is 10.6. The molecule has 0 saturated carbocycles. The fourth-order valence-corrected chi connectivity index (χ4v) is 4.73. The smallest absolute Gasteiger partial charge is 0 e. The second-order valence-corrected chi connectivity index (χ2v) is 9.38. The molecule has 0 aromatic heterocycles. The normalized spacial score (nSPS) is 27.7. The molecular weight excluding hydrogens is 559 g/mol. The second kappa shape index (κ2) is 7.09. The van der Waals surface area contributed by atoms with Gasteiger partial charge in [-0.1, -0.05) is 0 Å². The first-order valence-corrected chi connectivity index (χ1v) is 7.22. The average Bonchev–Trinajstić information content (AvgIpc) is 2.06. The molecular formula is C13H21ILrN-3. The number of hydrogen-bond donors (Lipinski definition) is 0. The van der Waals surface area contributed by atoms with Crippen LogP contribution in [0.15, 0.2) is 29.4 Å². The molecule has 1 heterocycles. The van der Waals surface area contributed by atoms with Crippen molar-refractivity contribution in [2.45, 2.75) is 35.0 Å². The summed E-state index contributed by atoms with van der Waals surface area (Å²) in [6.07, 6.45) is 10.6. The minimum absolute atomic E-state index is 0. The first-order valence-electron chi connectivity index (χ1n) is 4.90. The van der Waals surface area contributed by atoms with E-state index in [0.29, 0.717) is 0 Å². The molecule has 0 bridgehead atoms. The molecule has 1 nitrogen and oxygen atoms in total. The average molecular weight is 580 g/mol. The molecule has 1 rings (SSSR count). The predicted molar refractivity (Wildman–Crippen MR) is 65.6 cm³/mol. The van der Waals surface area contributed by atoms with Crippen LogP contribution in [0.5, 0.6) is 0 Å². The van der Waals surface area contributed by atoms with Crippen LogP contribution in [0.4, 0.5) is 0 Å². The van der Waals surface area contributed by atoms with Crippen LogP contribution >= 0.6 is 0 Å². The van der Waals surface area contributed by atoms with Crippen LogP contribution in [-0.2, 0) is 0 Å². The Morgan fingerprint density at radius 1 is 1.31 bits per heavy atom. The summed E-state index contributed by atoms with van der Waals surface area (Å²) < 4.78 is 1.09. The number of halogens is 1. The summed E-state index contributed by atoms with van der Waals surface area (Å²) in [4.78, 5) is 4.24. The Bertz CT molecular complexity index is 271. The topological polar surface area (TPSA) is 12.4 Å². The summed E-state index contributed by atoms with van der Waals surface area (Å²) in [5.41, 5.74) is 0. The fraction of sp³-hybridized carbons (Fsp3) is 0.462. The van der Waals surface area contributed by atoms with E-state index in [1.807, 2.05) is 12.4 Å². The summed E-state index contributed by atoms with van der Waals surface area (Å²) in [5, 5.41) is 0. The van der Waals surface area contributed by atoms with Gasteiger partial charge in [0.2, 0.25) is 0 Å². The molecule has 16 heavy (non-hydrogen) atoms. The Balaban J connectivity index is 0. The number of hydrogen-bond acceptors (Lipinski definition) is 1. The monoisotopic (exact) mass is 580 g/mol. The van der Waals surface area contributed by atoms with Gasteiger partial charge in [0.25, 0.3) is 0 Å². The van der Waals surface area contributed by atoms with Crippen molar-refractivity contribution >= 4 is 6.21 Å². The molecule has 0 aromatic carbocycles. The van der Waals surface area contributed by atoms with Gasteiger partial charge in [0.1, 0.15) is 0 Å². The van der Waals surface area contributed by atoms with Gasteiger partial charge in [0, 0.05) is 0 Å². The van der Waals surface area contributed by atoms with Crippen molar-refractivity contribution in [3.05, 3.63) is 37.8 Å². The van der Waals surface area contributed by atoms with E-state index in [0.717, 1.165) is 3.92 Å². The zero-order valence-electron chi connectivity index (χ0n) is 10.5. The molecule has 1 radical (unpaired) electrons. The molecule has 0 N–H and O–H groups in total. The van der Waals surface area contributed by atoms with E-state index in [-0.39, 0.29) is 32.1 Å². The van der Waals surface area contributed by atoms with Gasteiger partial charge in [0.05, 0.1) is 0 Å². The number of aliphatic imine (C=N–C) groups is 1. The van der Waals surface area contributed by atoms with Crippen LogP contribution in [0.2, 0.25) is 0 Å². The van der Waals surface area contributed by atoms with Crippen LogP contribution in [0.3, 0.4) is 0 Å². The molecule has 3 heteroatoms. The van der Waals surface area contributed by atoms with Gasteiger partial charge < -0.3 is 7.43 Å². The van der Waals surface area contributed by atoms with Crippen molar-refractivity contribution in [2.75, 3.05) is 0 Å². The molecule has 103 valence electrons. The quantitative estimate of drug-likeness (QED) is 0.256. The number of nitrogens with zero attached hydrogens (tertiary/aromatic N) is 1. The van der Waals surface area contributed by atoms with Crippen molar-refractivity contribution in [2.24, 2.45) is 4.99 Å². The maximum Gasteiger partial charge on any atom is 0 e. The van der Waals surface area contributed by atoms with Crippen LogP contribution in [-0.4, -0.2) is 13.6 Å². The van der Waals surface area contributed by atoms with Gasteiger partial charge in [-0.15, -0.1) is 0 Å². The van der Waals surface area contributed by atoms with Gasteiger partial charge in [-0.05, 0) is 0 Å². The zero-order valence-corrected chi connectivity index (χ0v) is 14.9. The minimum atomic E-state index is 0. The first kappa shape index (κ1) is 17.2. The van der Waals surface area contributed by atoms with E-state index >= 15 is 0 Å². The molecule has 1 aliphatic heterocycles. The van der Waals surface area contributed by atoms with Gasteiger partial charge in [-0.2, -0.15) is 0 Å². The summed E-state index contributed by atoms with van der Waals surface area (Å²) in [6, 6.07) is 0. The molecule has 0 aromatic rings. The summed E-state index contributed by atoms with van der Waals surface area (Å²) in [7, 11) is 0. The fourth-order valence-electron chi connectivity index (χ4n) is 1.29. The minimum Gasteiger partial charge on any atom is -0.358 e. The van der Waals surface area contributed by atoms with E-state index in [1.165, 1.54) is 5.92 Å². The Hall–Kier alpha value is -1.25. The molecule has 0 spiro atoms. The van der Waals surface area contributed by atoms with E-state index in [1.54, 1.807) is 0 Å². The third kappa shape index (κ3) is 5.59. The standard InChI is InChI=1S/C12H18IN.CH3.Lr/c1-10(2)13-12(4)6-5-11(3)9-14-8-7-12;;/h5-10H,1-4H3;1H3;/q-2;-1;/b6-5-,8-7-,14-9?;;. The third-order valence-corrected chi connectivity index (χ3v) is 5.20. The van der Waals surface area contributed by atoms with E-state index in [2.05, 4.69) is 50.9 Å². The van der Waals surface area contributed by atoms with Crippen molar-refractivity contribution < 1.29 is 21.2 Å². The number of alkyl halides is 2. The van der Waals surface area contributed by atoms with Gasteiger partial charge in [0.15, 0.2) is 0 Å². The number of allylic oxidation sites excluding steroid dienone is 3. The largest absolute Gasteiger partial charge is 0.358 e. The second-order valence-electron chi connectivity index (χ2n) is 3.95. The van der Waals surface area contributed by atoms with E-state index in [4.69, 9.17) is 0 Å². The van der Waals surface area contributed by atoms with Crippen molar-refractivity contribution in [1.29, 1.82) is 0 Å². The van der Waals surface area contributed by atoms with Crippen LogP contribution in [0.25, 0.3) is 0 Å². The molecule has 0 fully saturated rings. The molecule has 0 saturated heterocycles. The Labute approximate surface area is 105 Å². The Morgan fingerprint density at radius 3 is 2.50 bits per heavy atom. The Morgan fingerprint density at radius 2 is 1.94 bits per heavy atom. The molecule has 1 aliphatic rings. The van der Waals surface area contributed by atoms with Crippen LogP contribution in [0, 0.1) is 13.3 Å². The van der Waals surface area contributed by atoms with E-state index < -0.39 is 0 Å². The number of rotatable bonds is 2. The van der Waals surface area contributed by atoms with Gasteiger partial charge in [-0.3, -0.25) is 0 Å². The summed E-state index contributed by atoms with van der Waals surface area (Å²) in [5.74, 6) is 1.23. The third-order valence-electron chi connectivity index (χ3n) is 1.89. The maximum absolute atomic E-state index is 4.24. The first-order chi connectivity index (χ1) is 6.52. The maximum atomic E-state index is 4.24. The van der Waals surface area contributed by atoms with Gasteiger partial charge in [-0.25, -0.2) is 0 Å².